The molecule has 1 aliphatic carbocycles. The van der Waals surface area contributed by atoms with Crippen LogP contribution in [-0.2, 0) is 11.3 Å². The largest absolute Gasteiger partial charge is 0.363 e. The highest BCUT2D eigenvalue weighted by molar-refractivity contribution is 14.1. The second-order valence-electron chi connectivity index (χ2n) is 5.83. The number of anilines is 1. The molecule has 0 heterocycles. The van der Waals surface area contributed by atoms with E-state index >= 15 is 0 Å². The highest BCUT2D eigenvalue weighted by Crippen LogP contribution is 2.31. The van der Waals surface area contributed by atoms with Crippen LogP contribution in [0.2, 0.25) is 0 Å². The summed E-state index contributed by atoms with van der Waals surface area (Å²) in [5, 5.41) is 0. The Morgan fingerprint density at radius 1 is 0.955 bits per heavy atom. The first-order valence-corrected chi connectivity index (χ1v) is 8.89. The monoisotopic (exact) mass is 405 g/mol. The zero-order chi connectivity index (χ0) is 15.4. The van der Waals surface area contributed by atoms with Crippen LogP contribution in [0.1, 0.15) is 31.2 Å². The number of ketones is 1. The van der Waals surface area contributed by atoms with E-state index in [4.69, 9.17) is 0 Å². The summed E-state index contributed by atoms with van der Waals surface area (Å²) in [7, 11) is 0. The van der Waals surface area contributed by atoms with Crippen molar-refractivity contribution < 1.29 is 4.79 Å². The summed E-state index contributed by atoms with van der Waals surface area (Å²) in [6, 6.07) is 19.6. The number of rotatable bonds is 4. The molecule has 0 spiro atoms. The molecule has 1 fully saturated rings. The van der Waals surface area contributed by atoms with Crippen LogP contribution in [0.3, 0.4) is 0 Å². The number of halogens is 1. The normalized spacial score (nSPS) is 15.8. The Morgan fingerprint density at radius 2 is 1.59 bits per heavy atom. The van der Waals surface area contributed by atoms with E-state index in [0.29, 0.717) is 11.8 Å². The van der Waals surface area contributed by atoms with E-state index in [1.807, 2.05) is 0 Å². The van der Waals surface area contributed by atoms with Gasteiger partial charge in [-0.25, -0.2) is 0 Å². The number of hydrogen-bond acceptors (Lipinski definition) is 2. The summed E-state index contributed by atoms with van der Waals surface area (Å²) >= 11 is 2.41. The molecule has 0 unspecified atom stereocenters. The lowest BCUT2D eigenvalue weighted by atomic mass is 9.92. The van der Waals surface area contributed by atoms with Crippen molar-refractivity contribution in [2.24, 2.45) is 0 Å². The van der Waals surface area contributed by atoms with Gasteiger partial charge >= 0.3 is 0 Å². The van der Waals surface area contributed by atoms with Gasteiger partial charge in [-0.2, -0.15) is 0 Å². The van der Waals surface area contributed by atoms with Gasteiger partial charge in [0.15, 0.2) is 0 Å². The van der Waals surface area contributed by atoms with Crippen molar-refractivity contribution in [2.45, 2.75) is 38.3 Å². The van der Waals surface area contributed by atoms with Gasteiger partial charge in [-0.3, -0.25) is 4.79 Å². The van der Waals surface area contributed by atoms with Crippen molar-refractivity contribution in [2.75, 3.05) is 4.90 Å². The van der Waals surface area contributed by atoms with Gasteiger partial charge in [-0.1, -0.05) is 42.5 Å². The zero-order valence-electron chi connectivity index (χ0n) is 12.5. The molecule has 2 nitrogen and oxygen atoms in total. The van der Waals surface area contributed by atoms with E-state index in [9.17, 15) is 4.79 Å². The number of benzene rings is 2. The number of Topliss-reactive ketones (excluding diaryl/α,β-unsaturated/α-hetero) is 1. The lowest BCUT2D eigenvalue weighted by Crippen LogP contribution is -2.38. The van der Waals surface area contributed by atoms with E-state index in [1.54, 1.807) is 0 Å². The van der Waals surface area contributed by atoms with Crippen LogP contribution in [0.15, 0.2) is 54.6 Å². The second-order valence-corrected chi connectivity index (χ2v) is 7.00. The van der Waals surface area contributed by atoms with Crippen molar-refractivity contribution in [3.05, 3.63) is 63.7 Å². The Labute approximate surface area is 145 Å². The molecule has 0 amide bonds. The second kappa shape index (κ2) is 7.27. The Bertz CT molecular complexity index is 631. The van der Waals surface area contributed by atoms with Crippen LogP contribution in [0, 0.1) is 3.57 Å². The van der Waals surface area contributed by atoms with E-state index in [1.165, 1.54) is 14.8 Å². The molecule has 3 heteroatoms. The predicted molar refractivity (Wildman–Crippen MR) is 99.0 cm³/mol. The Balaban J connectivity index is 1.88. The molecule has 0 bridgehead atoms. The quantitative estimate of drug-likeness (QED) is 0.681. The number of para-hydroxylation sites is 1. The van der Waals surface area contributed by atoms with Gasteiger partial charge in [0, 0.05) is 29.0 Å². The fourth-order valence-corrected chi connectivity index (χ4v) is 3.81. The van der Waals surface area contributed by atoms with Crippen molar-refractivity contribution in [3.63, 3.8) is 0 Å². The number of nitrogens with zero attached hydrogens (tertiary/aromatic N) is 1. The van der Waals surface area contributed by atoms with E-state index < -0.39 is 0 Å². The topological polar surface area (TPSA) is 20.3 Å². The predicted octanol–water partition coefficient (Wildman–Crippen LogP) is 4.81. The SMILES string of the molecule is O=C1CCC(N(Cc2ccccc2)c2ccccc2I)CC1. The van der Waals surface area contributed by atoms with E-state index in [0.717, 1.165) is 32.2 Å². The van der Waals surface area contributed by atoms with Gasteiger partial charge < -0.3 is 4.90 Å². The summed E-state index contributed by atoms with van der Waals surface area (Å²) in [5.74, 6) is 0.415. The van der Waals surface area contributed by atoms with Gasteiger partial charge in [-0.05, 0) is 53.1 Å². The summed E-state index contributed by atoms with van der Waals surface area (Å²) in [6.07, 6.45) is 3.38. The molecule has 3 rings (SSSR count). The van der Waals surface area contributed by atoms with E-state index in [2.05, 4.69) is 82.1 Å². The Hall–Kier alpha value is -1.36. The molecule has 114 valence electrons. The highest BCUT2D eigenvalue weighted by atomic mass is 127. The number of carbonyl (C=O) groups excluding carboxylic acids is 1. The molecule has 0 N–H and O–H groups in total. The highest BCUT2D eigenvalue weighted by Gasteiger charge is 2.25. The Morgan fingerprint density at radius 3 is 2.27 bits per heavy atom. The first-order valence-electron chi connectivity index (χ1n) is 7.81. The smallest absolute Gasteiger partial charge is 0.133 e. The van der Waals surface area contributed by atoms with Crippen molar-refractivity contribution in [1.82, 2.24) is 0 Å². The van der Waals surface area contributed by atoms with E-state index in [-0.39, 0.29) is 0 Å². The van der Waals surface area contributed by atoms with Crippen LogP contribution < -0.4 is 4.90 Å². The molecule has 1 saturated carbocycles. The standard InChI is InChI=1S/C19H20INO/c20-18-8-4-5-9-19(18)21(14-15-6-2-1-3-7-15)16-10-12-17(22)13-11-16/h1-9,16H,10-14H2. The maximum Gasteiger partial charge on any atom is 0.133 e. The minimum Gasteiger partial charge on any atom is -0.363 e. The average Bonchev–Trinajstić information content (AvgIpc) is 2.55. The lowest BCUT2D eigenvalue weighted by molar-refractivity contribution is -0.120. The molecule has 0 saturated heterocycles. The lowest BCUT2D eigenvalue weighted by Gasteiger charge is -2.36. The van der Waals surface area contributed by atoms with Crippen molar-refractivity contribution in [3.8, 4) is 0 Å². The summed E-state index contributed by atoms with van der Waals surface area (Å²) in [6.45, 7) is 0.902. The summed E-state index contributed by atoms with van der Waals surface area (Å²) in [4.78, 5) is 14.1. The van der Waals surface area contributed by atoms with Crippen LogP contribution >= 0.6 is 22.6 Å². The molecular formula is C19H20INO. The molecule has 2 aromatic rings. The molecule has 0 atom stereocenters. The zero-order valence-corrected chi connectivity index (χ0v) is 14.7. The van der Waals surface area contributed by atoms with Crippen LogP contribution in [0.5, 0.6) is 0 Å². The first kappa shape index (κ1) is 15.5. The minimum absolute atomic E-state index is 0.415. The van der Waals surface area contributed by atoms with Crippen molar-refractivity contribution in [1.29, 1.82) is 0 Å². The van der Waals surface area contributed by atoms with Crippen LogP contribution in [0.4, 0.5) is 5.69 Å². The molecule has 22 heavy (non-hydrogen) atoms. The van der Waals surface area contributed by atoms with Crippen molar-refractivity contribution >= 4 is 34.1 Å². The molecule has 2 aromatic carbocycles. The summed E-state index contributed by atoms with van der Waals surface area (Å²) in [5.41, 5.74) is 2.60. The number of hydrogen-bond donors (Lipinski definition) is 0. The Kier molecular flexibility index (Phi) is 5.13. The molecule has 0 aliphatic heterocycles. The molecule has 1 aliphatic rings. The van der Waals surface area contributed by atoms with Crippen LogP contribution in [-0.4, -0.2) is 11.8 Å². The number of carbonyl (C=O) groups is 1. The minimum atomic E-state index is 0.415. The third kappa shape index (κ3) is 3.69. The first-order chi connectivity index (χ1) is 10.7. The average molecular weight is 405 g/mol. The maximum absolute atomic E-state index is 11.6. The molecular weight excluding hydrogens is 385 g/mol. The van der Waals surface area contributed by atoms with Gasteiger partial charge in [0.05, 0.1) is 5.69 Å². The molecule has 0 radical (unpaired) electrons. The third-order valence-electron chi connectivity index (χ3n) is 4.31. The molecule has 0 aromatic heterocycles. The fourth-order valence-electron chi connectivity index (χ4n) is 3.11. The fraction of sp³-hybridized carbons (Fsp3) is 0.316. The van der Waals surface area contributed by atoms with Gasteiger partial charge in [-0.15, -0.1) is 0 Å². The van der Waals surface area contributed by atoms with Gasteiger partial charge in [0.25, 0.3) is 0 Å². The van der Waals surface area contributed by atoms with Crippen LogP contribution in [0.25, 0.3) is 0 Å². The summed E-state index contributed by atoms with van der Waals surface area (Å²) < 4.78 is 1.27. The maximum atomic E-state index is 11.6. The van der Waals surface area contributed by atoms with Gasteiger partial charge in [0.2, 0.25) is 0 Å². The van der Waals surface area contributed by atoms with Gasteiger partial charge in [0.1, 0.15) is 5.78 Å². The third-order valence-corrected chi connectivity index (χ3v) is 5.22.